The van der Waals surface area contributed by atoms with Crippen LogP contribution in [0.3, 0.4) is 0 Å². The number of aromatic nitrogens is 2. The zero-order valence-electron chi connectivity index (χ0n) is 15.1. The molecule has 1 aromatic heterocycles. The van der Waals surface area contributed by atoms with Crippen LogP contribution in [0.4, 0.5) is 11.6 Å². The molecule has 0 saturated carbocycles. The molecule has 142 valence electrons. The summed E-state index contributed by atoms with van der Waals surface area (Å²) in [5.74, 6) is 0.218. The van der Waals surface area contributed by atoms with Crippen LogP contribution in [0.25, 0.3) is 0 Å². The summed E-state index contributed by atoms with van der Waals surface area (Å²) in [6.45, 7) is 0.505. The van der Waals surface area contributed by atoms with Gasteiger partial charge >= 0.3 is 0 Å². The summed E-state index contributed by atoms with van der Waals surface area (Å²) in [5, 5.41) is 6.40. The number of carbonyl (C=O) groups is 2. The summed E-state index contributed by atoms with van der Waals surface area (Å²) in [6, 6.07) is 12.9. The van der Waals surface area contributed by atoms with E-state index in [1.807, 2.05) is 34.9 Å². The van der Waals surface area contributed by atoms with Crippen molar-refractivity contribution in [1.29, 1.82) is 0 Å². The van der Waals surface area contributed by atoms with Crippen LogP contribution in [-0.2, 0) is 17.8 Å². The molecule has 1 aliphatic heterocycles. The minimum Gasteiger partial charge on any atom is -0.326 e. The maximum absolute atomic E-state index is 12.7. The van der Waals surface area contributed by atoms with Crippen molar-refractivity contribution < 1.29 is 9.59 Å². The maximum Gasteiger partial charge on any atom is 0.257 e. The van der Waals surface area contributed by atoms with E-state index in [9.17, 15) is 9.59 Å². The molecule has 4 rings (SSSR count). The van der Waals surface area contributed by atoms with Crippen molar-refractivity contribution >= 4 is 35.1 Å². The van der Waals surface area contributed by atoms with Crippen molar-refractivity contribution in [2.45, 2.75) is 25.8 Å². The first-order valence-corrected chi connectivity index (χ1v) is 9.46. The molecule has 2 aromatic carbocycles. The Morgan fingerprint density at radius 3 is 2.93 bits per heavy atom. The van der Waals surface area contributed by atoms with Gasteiger partial charge in [-0.2, -0.15) is 0 Å². The Hall–Kier alpha value is -3.12. The van der Waals surface area contributed by atoms with Gasteiger partial charge in [-0.3, -0.25) is 14.9 Å². The second-order valence-corrected chi connectivity index (χ2v) is 7.11. The molecule has 28 heavy (non-hydrogen) atoms. The number of anilines is 2. The second kappa shape index (κ2) is 7.86. The third kappa shape index (κ3) is 3.92. The van der Waals surface area contributed by atoms with Gasteiger partial charge in [0, 0.05) is 35.1 Å². The Morgan fingerprint density at radius 2 is 2.07 bits per heavy atom. The molecular weight excluding hydrogens is 376 g/mol. The number of imidazole rings is 1. The summed E-state index contributed by atoms with van der Waals surface area (Å²) >= 11 is 6.24. The van der Waals surface area contributed by atoms with Gasteiger partial charge in [-0.1, -0.05) is 29.8 Å². The molecule has 0 saturated heterocycles. The van der Waals surface area contributed by atoms with E-state index in [4.69, 9.17) is 11.6 Å². The van der Waals surface area contributed by atoms with Gasteiger partial charge in [-0.25, -0.2) is 4.98 Å². The normalized spacial score (nSPS) is 13.4. The molecule has 2 heterocycles. The Kier molecular flexibility index (Phi) is 5.12. The van der Waals surface area contributed by atoms with E-state index in [1.165, 1.54) is 0 Å². The minimum absolute atomic E-state index is 0.0116. The number of halogens is 1. The molecule has 0 atom stereocenters. The van der Waals surface area contributed by atoms with E-state index >= 15 is 0 Å². The number of carbonyl (C=O) groups excluding carboxylic acids is 2. The summed E-state index contributed by atoms with van der Waals surface area (Å²) in [7, 11) is 0. The summed E-state index contributed by atoms with van der Waals surface area (Å²) in [6.07, 6.45) is 5.46. The number of benzene rings is 2. The molecule has 0 fully saturated rings. The van der Waals surface area contributed by atoms with Crippen LogP contribution in [-0.4, -0.2) is 21.4 Å². The molecule has 7 heteroatoms. The average Bonchev–Trinajstić information content (AvgIpc) is 3.01. The molecule has 0 aliphatic carbocycles. The van der Waals surface area contributed by atoms with Crippen molar-refractivity contribution in [2.24, 2.45) is 0 Å². The highest BCUT2D eigenvalue weighted by atomic mass is 35.5. The SMILES string of the molecule is O=C1CCCc2cc(C(=O)Nc3nccn3Cc3ccccc3Cl)ccc2N1. The highest BCUT2D eigenvalue weighted by Crippen LogP contribution is 2.24. The molecular formula is C21H19ClN4O2. The lowest BCUT2D eigenvalue weighted by atomic mass is 10.0. The van der Waals surface area contributed by atoms with E-state index in [0.717, 1.165) is 29.7 Å². The molecule has 2 amide bonds. The van der Waals surface area contributed by atoms with Gasteiger partial charge in [0.1, 0.15) is 0 Å². The molecule has 0 radical (unpaired) electrons. The van der Waals surface area contributed by atoms with Gasteiger partial charge < -0.3 is 9.88 Å². The molecule has 0 spiro atoms. The molecule has 6 nitrogen and oxygen atoms in total. The van der Waals surface area contributed by atoms with Gasteiger partial charge in [0.15, 0.2) is 0 Å². The third-order valence-electron chi connectivity index (χ3n) is 4.73. The van der Waals surface area contributed by atoms with Crippen LogP contribution in [0, 0.1) is 0 Å². The fourth-order valence-corrected chi connectivity index (χ4v) is 3.46. The first-order valence-electron chi connectivity index (χ1n) is 9.09. The zero-order valence-corrected chi connectivity index (χ0v) is 15.9. The van der Waals surface area contributed by atoms with Crippen LogP contribution in [0.15, 0.2) is 54.9 Å². The first-order chi connectivity index (χ1) is 13.6. The lowest BCUT2D eigenvalue weighted by molar-refractivity contribution is -0.116. The number of nitrogens with one attached hydrogen (secondary N) is 2. The van der Waals surface area contributed by atoms with Crippen molar-refractivity contribution in [2.75, 3.05) is 10.6 Å². The van der Waals surface area contributed by atoms with Crippen molar-refractivity contribution in [3.8, 4) is 0 Å². The first kappa shape index (κ1) is 18.3. The summed E-state index contributed by atoms with van der Waals surface area (Å²) < 4.78 is 1.84. The Morgan fingerprint density at radius 1 is 1.21 bits per heavy atom. The van der Waals surface area contributed by atoms with Crippen molar-refractivity contribution in [1.82, 2.24) is 9.55 Å². The maximum atomic E-state index is 12.7. The second-order valence-electron chi connectivity index (χ2n) is 6.70. The van der Waals surface area contributed by atoms with Crippen LogP contribution in [0.2, 0.25) is 5.02 Å². The number of nitrogens with zero attached hydrogens (tertiary/aromatic N) is 2. The number of rotatable bonds is 4. The lowest BCUT2D eigenvalue weighted by Crippen LogP contribution is -2.17. The Bertz CT molecular complexity index is 1040. The van der Waals surface area contributed by atoms with Crippen molar-refractivity contribution in [3.05, 3.63) is 76.6 Å². The number of hydrogen-bond donors (Lipinski definition) is 2. The lowest BCUT2D eigenvalue weighted by Gasteiger charge is -2.12. The average molecular weight is 395 g/mol. The van der Waals surface area contributed by atoms with E-state index in [0.29, 0.717) is 29.5 Å². The predicted molar refractivity (Wildman–Crippen MR) is 109 cm³/mol. The highest BCUT2D eigenvalue weighted by molar-refractivity contribution is 6.31. The van der Waals surface area contributed by atoms with Crippen LogP contribution in [0.1, 0.15) is 34.3 Å². The van der Waals surface area contributed by atoms with Crippen molar-refractivity contribution in [3.63, 3.8) is 0 Å². The number of aryl methyl sites for hydroxylation is 1. The summed E-state index contributed by atoms with van der Waals surface area (Å²) in [5.41, 5.74) is 3.22. The van der Waals surface area contributed by atoms with E-state index < -0.39 is 0 Å². The number of fused-ring (bicyclic) bond motifs is 1. The molecule has 0 unspecified atom stereocenters. The topological polar surface area (TPSA) is 76.0 Å². The summed E-state index contributed by atoms with van der Waals surface area (Å²) in [4.78, 5) is 28.7. The molecule has 3 aromatic rings. The predicted octanol–water partition coefficient (Wildman–Crippen LogP) is 4.11. The van der Waals surface area contributed by atoms with Gasteiger partial charge in [0.2, 0.25) is 11.9 Å². The van der Waals surface area contributed by atoms with E-state index in [-0.39, 0.29) is 11.8 Å². The zero-order chi connectivity index (χ0) is 19.5. The Labute approximate surface area is 167 Å². The third-order valence-corrected chi connectivity index (χ3v) is 5.10. The monoisotopic (exact) mass is 394 g/mol. The minimum atomic E-state index is -0.245. The highest BCUT2D eigenvalue weighted by Gasteiger charge is 2.16. The van der Waals surface area contributed by atoms with E-state index in [2.05, 4.69) is 15.6 Å². The number of hydrogen-bond acceptors (Lipinski definition) is 3. The van der Waals surface area contributed by atoms with Gasteiger partial charge in [-0.15, -0.1) is 0 Å². The molecule has 2 N–H and O–H groups in total. The fourth-order valence-electron chi connectivity index (χ4n) is 3.26. The quantitative estimate of drug-likeness (QED) is 0.699. The molecule has 1 aliphatic rings. The Balaban J connectivity index is 1.52. The number of amides is 2. The smallest absolute Gasteiger partial charge is 0.257 e. The van der Waals surface area contributed by atoms with Gasteiger partial charge in [-0.05, 0) is 48.2 Å². The van der Waals surface area contributed by atoms with Crippen LogP contribution in [0.5, 0.6) is 0 Å². The molecule has 0 bridgehead atoms. The standard InChI is InChI=1S/C21H19ClN4O2/c22-17-6-2-1-4-16(17)13-26-11-10-23-21(26)25-20(28)15-8-9-18-14(12-15)5-3-7-19(27)24-18/h1-2,4,6,8-12H,3,5,7,13H2,(H,24,27)(H,23,25,28). The van der Waals surface area contributed by atoms with E-state index in [1.54, 1.807) is 24.5 Å². The van der Waals surface area contributed by atoms with Gasteiger partial charge in [0.25, 0.3) is 5.91 Å². The van der Waals surface area contributed by atoms with Crippen LogP contribution >= 0.6 is 11.6 Å². The fraction of sp³-hybridized carbons (Fsp3) is 0.190. The largest absolute Gasteiger partial charge is 0.326 e. The van der Waals surface area contributed by atoms with Gasteiger partial charge in [0.05, 0.1) is 6.54 Å². The van der Waals surface area contributed by atoms with Crippen LogP contribution < -0.4 is 10.6 Å².